The quantitative estimate of drug-likeness (QED) is 0.336. The van der Waals surface area contributed by atoms with Crippen molar-refractivity contribution in [2.75, 3.05) is 20.8 Å². The number of nitrogens with zero attached hydrogens (tertiary/aromatic N) is 1. The predicted molar refractivity (Wildman–Crippen MR) is 126 cm³/mol. The second-order valence-electron chi connectivity index (χ2n) is 8.15. The molecule has 1 aliphatic rings. The molecule has 2 aromatic carbocycles. The van der Waals surface area contributed by atoms with Crippen molar-refractivity contribution in [3.05, 3.63) is 59.2 Å². The van der Waals surface area contributed by atoms with E-state index in [1.54, 1.807) is 42.5 Å². The van der Waals surface area contributed by atoms with Crippen molar-refractivity contribution in [1.29, 1.82) is 0 Å². The van der Waals surface area contributed by atoms with Gasteiger partial charge in [-0.05, 0) is 62.2 Å². The molecule has 1 saturated heterocycles. The molecule has 0 bridgehead atoms. The van der Waals surface area contributed by atoms with Crippen LogP contribution >= 0.6 is 0 Å². The smallest absolute Gasteiger partial charge is 0.295 e. The summed E-state index contributed by atoms with van der Waals surface area (Å²) in [5.41, 5.74) is 1.15. The van der Waals surface area contributed by atoms with Gasteiger partial charge in [-0.1, -0.05) is 19.4 Å². The lowest BCUT2D eigenvalue weighted by Crippen LogP contribution is -2.30. The third kappa shape index (κ3) is 4.97. The number of carbonyl (C=O) groups is 2. The Kier molecular flexibility index (Phi) is 7.63. The van der Waals surface area contributed by atoms with Gasteiger partial charge in [0, 0.05) is 12.1 Å². The van der Waals surface area contributed by atoms with Gasteiger partial charge in [0.1, 0.15) is 11.5 Å². The number of Topliss-reactive ketones (excluding diaryl/α,β-unsaturated/α-hetero) is 1. The third-order valence-electron chi connectivity index (χ3n) is 5.52. The molecule has 1 unspecified atom stereocenters. The lowest BCUT2D eigenvalue weighted by atomic mass is 9.95. The molecular weight excluding hydrogens is 422 g/mol. The summed E-state index contributed by atoms with van der Waals surface area (Å²) in [5.74, 6) is 0.124. The molecule has 1 atom stereocenters. The molecule has 0 radical (unpaired) electrons. The SMILES string of the molecule is CCCCN1C(=O)C(=O)/C(=C(\O)c2ccc(OC(C)C)cc2)C1c1ccc(OC)c(OC)c1. The number of carbonyl (C=O) groups excluding carboxylic acids is 2. The number of ketones is 1. The molecule has 176 valence electrons. The molecule has 1 amide bonds. The van der Waals surface area contributed by atoms with E-state index in [1.807, 2.05) is 20.8 Å². The topological polar surface area (TPSA) is 85.3 Å². The maximum atomic E-state index is 13.1. The minimum atomic E-state index is -0.733. The molecule has 0 aromatic heterocycles. The van der Waals surface area contributed by atoms with Gasteiger partial charge < -0.3 is 24.2 Å². The van der Waals surface area contributed by atoms with Crippen molar-refractivity contribution in [1.82, 2.24) is 4.90 Å². The van der Waals surface area contributed by atoms with Gasteiger partial charge in [0.15, 0.2) is 11.5 Å². The number of hydrogen-bond acceptors (Lipinski definition) is 6. The van der Waals surface area contributed by atoms with E-state index in [4.69, 9.17) is 14.2 Å². The fraction of sp³-hybridized carbons (Fsp3) is 0.385. The highest BCUT2D eigenvalue weighted by Gasteiger charge is 2.46. The van der Waals surface area contributed by atoms with Crippen LogP contribution in [0.15, 0.2) is 48.0 Å². The van der Waals surface area contributed by atoms with Crippen LogP contribution in [0.5, 0.6) is 17.2 Å². The first-order chi connectivity index (χ1) is 15.8. The fourth-order valence-electron chi connectivity index (χ4n) is 3.93. The van der Waals surface area contributed by atoms with Crippen LogP contribution in [0.2, 0.25) is 0 Å². The van der Waals surface area contributed by atoms with Gasteiger partial charge in [0.2, 0.25) is 0 Å². The van der Waals surface area contributed by atoms with Crippen LogP contribution in [-0.4, -0.2) is 48.6 Å². The van der Waals surface area contributed by atoms with Crippen molar-refractivity contribution in [2.24, 2.45) is 0 Å². The molecule has 1 heterocycles. The van der Waals surface area contributed by atoms with Gasteiger partial charge in [-0.15, -0.1) is 0 Å². The van der Waals surface area contributed by atoms with E-state index in [0.29, 0.717) is 34.9 Å². The van der Waals surface area contributed by atoms with E-state index >= 15 is 0 Å². The number of ether oxygens (including phenoxy) is 3. The van der Waals surface area contributed by atoms with Crippen LogP contribution < -0.4 is 14.2 Å². The van der Waals surface area contributed by atoms with E-state index in [0.717, 1.165) is 12.8 Å². The maximum absolute atomic E-state index is 13.1. The van der Waals surface area contributed by atoms with Crippen molar-refractivity contribution < 1.29 is 28.9 Å². The first-order valence-corrected chi connectivity index (χ1v) is 11.1. The first kappa shape index (κ1) is 24.2. The van der Waals surface area contributed by atoms with E-state index in [-0.39, 0.29) is 17.4 Å². The third-order valence-corrected chi connectivity index (χ3v) is 5.52. The van der Waals surface area contributed by atoms with Crippen LogP contribution in [0.3, 0.4) is 0 Å². The molecule has 0 aliphatic carbocycles. The van der Waals surface area contributed by atoms with Gasteiger partial charge in [0.05, 0.1) is 31.9 Å². The Morgan fingerprint density at radius 2 is 1.70 bits per heavy atom. The summed E-state index contributed by atoms with van der Waals surface area (Å²) in [6.45, 7) is 6.27. The highest BCUT2D eigenvalue weighted by Crippen LogP contribution is 2.42. The Bertz CT molecular complexity index is 1040. The molecule has 33 heavy (non-hydrogen) atoms. The van der Waals surface area contributed by atoms with Crippen LogP contribution in [-0.2, 0) is 9.59 Å². The number of methoxy groups -OCH3 is 2. The van der Waals surface area contributed by atoms with Crippen molar-refractivity contribution in [3.63, 3.8) is 0 Å². The summed E-state index contributed by atoms with van der Waals surface area (Å²) in [6.07, 6.45) is 1.61. The van der Waals surface area contributed by atoms with Crippen LogP contribution in [0.4, 0.5) is 0 Å². The number of hydrogen-bond donors (Lipinski definition) is 1. The van der Waals surface area contributed by atoms with Crippen molar-refractivity contribution in [2.45, 2.75) is 45.8 Å². The number of aliphatic hydroxyl groups is 1. The lowest BCUT2D eigenvalue weighted by Gasteiger charge is -2.26. The number of amides is 1. The van der Waals surface area contributed by atoms with Gasteiger partial charge in [-0.2, -0.15) is 0 Å². The summed E-state index contributed by atoms with van der Waals surface area (Å²) in [6, 6.07) is 11.3. The van der Waals surface area contributed by atoms with E-state index in [1.165, 1.54) is 19.1 Å². The second-order valence-corrected chi connectivity index (χ2v) is 8.15. The Hall–Kier alpha value is -3.48. The molecule has 3 rings (SSSR count). The minimum absolute atomic E-state index is 0.0124. The van der Waals surface area contributed by atoms with E-state index in [9.17, 15) is 14.7 Å². The van der Waals surface area contributed by atoms with Gasteiger partial charge in [-0.3, -0.25) is 9.59 Å². The number of likely N-dealkylation sites (tertiary alicyclic amines) is 1. The Morgan fingerprint density at radius 3 is 2.27 bits per heavy atom. The van der Waals surface area contributed by atoms with Gasteiger partial charge in [-0.25, -0.2) is 0 Å². The summed E-state index contributed by atoms with van der Waals surface area (Å²) in [7, 11) is 3.06. The molecule has 1 N–H and O–H groups in total. The Morgan fingerprint density at radius 1 is 1.03 bits per heavy atom. The van der Waals surface area contributed by atoms with Gasteiger partial charge >= 0.3 is 0 Å². The highest BCUT2D eigenvalue weighted by molar-refractivity contribution is 6.46. The zero-order chi connectivity index (χ0) is 24.1. The number of aliphatic hydroxyl groups excluding tert-OH is 1. The maximum Gasteiger partial charge on any atom is 0.295 e. The summed E-state index contributed by atoms with van der Waals surface area (Å²) >= 11 is 0. The predicted octanol–water partition coefficient (Wildman–Crippen LogP) is 4.71. The highest BCUT2D eigenvalue weighted by atomic mass is 16.5. The summed E-state index contributed by atoms with van der Waals surface area (Å²) < 4.78 is 16.4. The van der Waals surface area contributed by atoms with Crippen LogP contribution in [0, 0.1) is 0 Å². The van der Waals surface area contributed by atoms with E-state index < -0.39 is 17.7 Å². The largest absolute Gasteiger partial charge is 0.507 e. The monoisotopic (exact) mass is 453 g/mol. The van der Waals surface area contributed by atoms with Crippen molar-refractivity contribution >= 4 is 17.4 Å². The zero-order valence-corrected chi connectivity index (χ0v) is 19.8. The lowest BCUT2D eigenvalue weighted by molar-refractivity contribution is -0.139. The molecule has 2 aromatic rings. The standard InChI is InChI=1S/C26H31NO6/c1-6-7-14-27-23(18-10-13-20(31-4)21(15-18)32-5)22(25(29)26(27)30)24(28)17-8-11-19(12-9-17)33-16(2)3/h8-13,15-16,23,28H,6-7,14H2,1-5H3/b24-22-. The Balaban J connectivity index is 2.12. The number of benzene rings is 2. The average Bonchev–Trinajstić information content (AvgIpc) is 3.06. The van der Waals surface area contributed by atoms with Gasteiger partial charge in [0.25, 0.3) is 11.7 Å². The molecule has 0 spiro atoms. The molecule has 7 nitrogen and oxygen atoms in total. The fourth-order valence-corrected chi connectivity index (χ4v) is 3.93. The molecule has 1 aliphatic heterocycles. The normalized spacial score (nSPS) is 17.5. The minimum Gasteiger partial charge on any atom is -0.507 e. The summed E-state index contributed by atoms with van der Waals surface area (Å²) in [5, 5.41) is 11.2. The Labute approximate surface area is 194 Å². The molecule has 1 fully saturated rings. The average molecular weight is 454 g/mol. The van der Waals surface area contributed by atoms with Crippen LogP contribution in [0.25, 0.3) is 5.76 Å². The first-order valence-electron chi connectivity index (χ1n) is 11.1. The summed E-state index contributed by atoms with van der Waals surface area (Å²) in [4.78, 5) is 27.5. The van der Waals surface area contributed by atoms with Crippen molar-refractivity contribution in [3.8, 4) is 17.2 Å². The molecule has 0 saturated carbocycles. The van der Waals surface area contributed by atoms with Crippen LogP contribution in [0.1, 0.15) is 50.8 Å². The number of unbranched alkanes of at least 4 members (excludes halogenated alkanes) is 1. The molecule has 7 heteroatoms. The number of rotatable bonds is 9. The zero-order valence-electron chi connectivity index (χ0n) is 19.8. The second kappa shape index (κ2) is 10.4. The van der Waals surface area contributed by atoms with E-state index in [2.05, 4.69) is 0 Å². The molecular formula is C26H31NO6.